The lowest BCUT2D eigenvalue weighted by atomic mass is 10.0. The van der Waals surface area contributed by atoms with E-state index in [1.54, 1.807) is 12.1 Å². The van der Waals surface area contributed by atoms with Gasteiger partial charge < -0.3 is 5.73 Å². The van der Waals surface area contributed by atoms with Gasteiger partial charge >= 0.3 is 0 Å². The molecule has 112 valence electrons. The predicted octanol–water partition coefficient (Wildman–Crippen LogP) is 2.19. The molecule has 0 amide bonds. The Kier molecular flexibility index (Phi) is 4.83. The predicted molar refractivity (Wildman–Crippen MR) is 81.0 cm³/mol. The standard InChI is InChI=1S/C15H24N2O2S/c1-2-5-13-6-8-14(9-7-13)20(18,19)17-15(12-16)10-3-4-11-15/h6-9,17H,2-5,10-12,16H2,1H3. The van der Waals surface area contributed by atoms with E-state index in [4.69, 9.17) is 5.73 Å². The molecule has 0 bridgehead atoms. The van der Waals surface area contributed by atoms with Crippen LogP contribution in [-0.2, 0) is 16.4 Å². The van der Waals surface area contributed by atoms with E-state index in [1.807, 2.05) is 12.1 Å². The lowest BCUT2D eigenvalue weighted by Crippen LogP contribution is -2.51. The molecule has 4 nitrogen and oxygen atoms in total. The van der Waals surface area contributed by atoms with Crippen molar-refractivity contribution in [2.45, 2.75) is 55.9 Å². The molecule has 0 atom stereocenters. The largest absolute Gasteiger partial charge is 0.329 e. The maximum atomic E-state index is 12.5. The summed E-state index contributed by atoms with van der Waals surface area (Å²) in [5.41, 5.74) is 6.51. The van der Waals surface area contributed by atoms with Crippen molar-refractivity contribution in [1.82, 2.24) is 4.72 Å². The van der Waals surface area contributed by atoms with Crippen LogP contribution in [0.1, 0.15) is 44.6 Å². The van der Waals surface area contributed by atoms with E-state index < -0.39 is 15.6 Å². The minimum absolute atomic E-state index is 0.331. The van der Waals surface area contributed by atoms with Crippen LogP contribution in [0.4, 0.5) is 0 Å². The number of hydrogen-bond donors (Lipinski definition) is 2. The Morgan fingerprint density at radius 3 is 2.30 bits per heavy atom. The van der Waals surface area contributed by atoms with Crippen LogP contribution < -0.4 is 10.5 Å². The van der Waals surface area contributed by atoms with Gasteiger partial charge in [0.15, 0.2) is 0 Å². The van der Waals surface area contributed by atoms with Crippen LogP contribution >= 0.6 is 0 Å². The molecular weight excluding hydrogens is 272 g/mol. The summed E-state index contributed by atoms with van der Waals surface area (Å²) in [6, 6.07) is 7.16. The molecule has 1 aliphatic rings. The second kappa shape index (κ2) is 6.24. The molecule has 3 N–H and O–H groups in total. The zero-order valence-electron chi connectivity index (χ0n) is 12.1. The molecule has 1 saturated carbocycles. The highest BCUT2D eigenvalue weighted by molar-refractivity contribution is 7.89. The first kappa shape index (κ1) is 15.5. The Morgan fingerprint density at radius 1 is 1.20 bits per heavy atom. The average molecular weight is 296 g/mol. The van der Waals surface area contributed by atoms with Crippen LogP contribution in [-0.4, -0.2) is 20.5 Å². The number of aryl methyl sites for hydroxylation is 1. The number of rotatable bonds is 6. The minimum Gasteiger partial charge on any atom is -0.329 e. The van der Waals surface area contributed by atoms with Gasteiger partial charge in [0, 0.05) is 12.1 Å². The SMILES string of the molecule is CCCc1ccc(S(=O)(=O)NC2(CN)CCCC2)cc1. The summed E-state index contributed by atoms with van der Waals surface area (Å²) >= 11 is 0. The quantitative estimate of drug-likeness (QED) is 0.845. The van der Waals surface area contributed by atoms with E-state index in [0.29, 0.717) is 11.4 Å². The molecule has 5 heteroatoms. The summed E-state index contributed by atoms with van der Waals surface area (Å²) in [5.74, 6) is 0. The van der Waals surface area contributed by atoms with Crippen LogP contribution in [0.2, 0.25) is 0 Å². The van der Waals surface area contributed by atoms with Gasteiger partial charge in [-0.25, -0.2) is 13.1 Å². The first-order chi connectivity index (χ1) is 9.51. The van der Waals surface area contributed by atoms with Crippen molar-refractivity contribution in [1.29, 1.82) is 0 Å². The fourth-order valence-corrected chi connectivity index (χ4v) is 4.34. The third-order valence-electron chi connectivity index (χ3n) is 4.07. The van der Waals surface area contributed by atoms with Crippen LogP contribution in [0.25, 0.3) is 0 Å². The minimum atomic E-state index is -3.48. The fraction of sp³-hybridized carbons (Fsp3) is 0.600. The molecule has 0 aromatic heterocycles. The van der Waals surface area contributed by atoms with Crippen LogP contribution in [0.5, 0.6) is 0 Å². The summed E-state index contributed by atoms with van der Waals surface area (Å²) in [6.45, 7) is 2.47. The molecule has 0 heterocycles. The number of benzene rings is 1. The molecule has 20 heavy (non-hydrogen) atoms. The highest BCUT2D eigenvalue weighted by Crippen LogP contribution is 2.30. The Morgan fingerprint density at radius 2 is 1.80 bits per heavy atom. The van der Waals surface area contributed by atoms with Gasteiger partial charge in [0.05, 0.1) is 4.90 Å². The fourth-order valence-electron chi connectivity index (χ4n) is 2.87. The zero-order valence-corrected chi connectivity index (χ0v) is 12.9. The van der Waals surface area contributed by atoms with Gasteiger partial charge in [-0.05, 0) is 37.0 Å². The van der Waals surface area contributed by atoms with E-state index >= 15 is 0 Å². The molecular formula is C15H24N2O2S. The lowest BCUT2D eigenvalue weighted by Gasteiger charge is -2.28. The van der Waals surface area contributed by atoms with Crippen molar-refractivity contribution < 1.29 is 8.42 Å². The second-order valence-electron chi connectivity index (χ2n) is 5.69. The Bertz CT molecular complexity index is 531. The second-order valence-corrected chi connectivity index (χ2v) is 7.37. The first-order valence-electron chi connectivity index (χ1n) is 7.34. The molecule has 0 unspecified atom stereocenters. The van der Waals surface area contributed by atoms with E-state index in [-0.39, 0.29) is 0 Å². The molecule has 0 spiro atoms. The van der Waals surface area contributed by atoms with E-state index in [1.165, 1.54) is 5.56 Å². The smallest absolute Gasteiger partial charge is 0.241 e. The third kappa shape index (κ3) is 3.40. The van der Waals surface area contributed by atoms with Crippen LogP contribution in [0.15, 0.2) is 29.2 Å². The van der Waals surface area contributed by atoms with Gasteiger partial charge in [-0.3, -0.25) is 0 Å². The third-order valence-corrected chi connectivity index (χ3v) is 5.67. The summed E-state index contributed by atoms with van der Waals surface area (Å²) in [6.07, 6.45) is 5.76. The number of nitrogens with one attached hydrogen (secondary N) is 1. The number of nitrogens with two attached hydrogens (primary N) is 1. The maximum absolute atomic E-state index is 12.5. The van der Waals surface area contributed by atoms with Crippen molar-refractivity contribution >= 4 is 10.0 Å². The molecule has 1 aromatic rings. The van der Waals surface area contributed by atoms with Gasteiger partial charge in [0.25, 0.3) is 0 Å². The molecule has 1 aliphatic carbocycles. The first-order valence-corrected chi connectivity index (χ1v) is 8.83. The van der Waals surface area contributed by atoms with Crippen molar-refractivity contribution in [2.75, 3.05) is 6.54 Å². The normalized spacial score (nSPS) is 18.3. The zero-order chi connectivity index (χ0) is 14.6. The van der Waals surface area contributed by atoms with Gasteiger partial charge in [-0.1, -0.05) is 38.3 Å². The van der Waals surface area contributed by atoms with Gasteiger partial charge in [-0.2, -0.15) is 0 Å². The van der Waals surface area contributed by atoms with E-state index in [0.717, 1.165) is 38.5 Å². The summed E-state index contributed by atoms with van der Waals surface area (Å²) in [7, 11) is -3.48. The molecule has 2 rings (SSSR count). The summed E-state index contributed by atoms with van der Waals surface area (Å²) in [5, 5.41) is 0. The maximum Gasteiger partial charge on any atom is 0.241 e. The Balaban J connectivity index is 2.17. The van der Waals surface area contributed by atoms with E-state index in [9.17, 15) is 8.42 Å². The average Bonchev–Trinajstić information content (AvgIpc) is 2.88. The van der Waals surface area contributed by atoms with Gasteiger partial charge in [-0.15, -0.1) is 0 Å². The number of sulfonamides is 1. The van der Waals surface area contributed by atoms with Crippen molar-refractivity contribution in [3.8, 4) is 0 Å². The van der Waals surface area contributed by atoms with Crippen LogP contribution in [0.3, 0.4) is 0 Å². The van der Waals surface area contributed by atoms with Gasteiger partial charge in [0.2, 0.25) is 10.0 Å². The molecule has 0 radical (unpaired) electrons. The van der Waals surface area contributed by atoms with Gasteiger partial charge in [0.1, 0.15) is 0 Å². The summed E-state index contributed by atoms with van der Waals surface area (Å²) in [4.78, 5) is 0.331. The highest BCUT2D eigenvalue weighted by Gasteiger charge is 2.36. The molecule has 0 aliphatic heterocycles. The number of hydrogen-bond acceptors (Lipinski definition) is 3. The Labute approximate surface area is 121 Å². The van der Waals surface area contributed by atoms with Crippen molar-refractivity contribution in [2.24, 2.45) is 5.73 Å². The Hall–Kier alpha value is -0.910. The van der Waals surface area contributed by atoms with Crippen molar-refractivity contribution in [3.05, 3.63) is 29.8 Å². The molecule has 0 saturated heterocycles. The van der Waals surface area contributed by atoms with Crippen molar-refractivity contribution in [3.63, 3.8) is 0 Å². The van der Waals surface area contributed by atoms with E-state index in [2.05, 4.69) is 11.6 Å². The monoisotopic (exact) mass is 296 g/mol. The summed E-state index contributed by atoms with van der Waals surface area (Å²) < 4.78 is 27.7. The molecule has 1 aromatic carbocycles. The highest BCUT2D eigenvalue weighted by atomic mass is 32.2. The van der Waals surface area contributed by atoms with Crippen LogP contribution in [0, 0.1) is 0 Å². The topological polar surface area (TPSA) is 72.2 Å². The lowest BCUT2D eigenvalue weighted by molar-refractivity contribution is 0.399. The molecule has 1 fully saturated rings.